The van der Waals surface area contributed by atoms with Crippen LogP contribution in [-0.2, 0) is 10.8 Å². The fourth-order valence-electron chi connectivity index (χ4n) is 16.5. The van der Waals surface area contributed by atoms with Gasteiger partial charge in [0.15, 0.2) is 0 Å². The number of rotatable bonds is 4. The van der Waals surface area contributed by atoms with Gasteiger partial charge in [-0.2, -0.15) is 0 Å². The SMILES string of the molecule is CCC1CC2CCCC(C1)C21c2ccccc2-c2c(N(c3ccc4c(c3)C3(c5ccccc5-4)C4CC5CC(C4)CC3C5)c3ccc4c(ccc5ccccc54)c3)cccc21. The standard InChI is InChI=1S/C59H55N/c1-2-36-28-41-12-9-13-42(29-36)58(41)53-18-8-6-16-51(53)57-54(58)19-10-20-56(57)60(45-23-25-48-40(34-45)22-21-39-11-3-4-14-47(39)48)46-24-26-50-49-15-5-7-17-52(49)59(55(50)35-46)43-30-37-27-38(32-43)33-44(59)31-37/h3-8,10-11,14-26,34-38,41-44H,2,9,12-13,27-33H2,1H3. The van der Waals surface area contributed by atoms with Crippen LogP contribution in [-0.4, -0.2) is 0 Å². The lowest BCUT2D eigenvalue weighted by Gasteiger charge is -2.61. The molecule has 0 aliphatic heterocycles. The van der Waals surface area contributed by atoms with Crippen molar-refractivity contribution in [3.8, 4) is 22.3 Å². The van der Waals surface area contributed by atoms with E-state index >= 15 is 0 Å². The average molecular weight is 778 g/mol. The summed E-state index contributed by atoms with van der Waals surface area (Å²) in [5, 5.41) is 5.27. The largest absolute Gasteiger partial charge is 0.310 e. The van der Waals surface area contributed by atoms with Crippen molar-refractivity contribution in [3.05, 3.63) is 162 Å². The molecule has 2 spiro atoms. The summed E-state index contributed by atoms with van der Waals surface area (Å²) >= 11 is 0. The first kappa shape index (κ1) is 34.6. The fraction of sp³-hybridized carbons (Fsp3) is 0.356. The van der Waals surface area contributed by atoms with Crippen molar-refractivity contribution in [2.24, 2.45) is 41.4 Å². The molecule has 2 unspecified atom stereocenters. The van der Waals surface area contributed by atoms with Gasteiger partial charge in [-0.25, -0.2) is 0 Å². The summed E-state index contributed by atoms with van der Waals surface area (Å²) in [6, 6.07) is 55.5. The first-order chi connectivity index (χ1) is 29.6. The molecule has 6 bridgehead atoms. The van der Waals surface area contributed by atoms with E-state index in [0.29, 0.717) is 11.8 Å². The van der Waals surface area contributed by atoms with Crippen molar-refractivity contribution in [1.82, 2.24) is 0 Å². The molecule has 2 atom stereocenters. The predicted octanol–water partition coefficient (Wildman–Crippen LogP) is 15.7. The molecule has 0 amide bonds. The van der Waals surface area contributed by atoms with Crippen molar-refractivity contribution in [3.63, 3.8) is 0 Å². The summed E-state index contributed by atoms with van der Waals surface area (Å²) in [6.07, 6.45) is 15.2. The fourth-order valence-corrected chi connectivity index (χ4v) is 16.5. The van der Waals surface area contributed by atoms with Gasteiger partial charge >= 0.3 is 0 Å². The molecule has 0 N–H and O–H groups in total. The second-order valence-electron chi connectivity index (χ2n) is 20.7. The van der Waals surface area contributed by atoms with Gasteiger partial charge in [0.05, 0.1) is 5.69 Å². The molecule has 6 saturated carbocycles. The van der Waals surface area contributed by atoms with Gasteiger partial charge in [-0.3, -0.25) is 0 Å². The number of hydrogen-bond acceptors (Lipinski definition) is 1. The molecule has 6 fully saturated rings. The Hall–Kier alpha value is -5.14. The van der Waals surface area contributed by atoms with E-state index in [9.17, 15) is 0 Å². The lowest BCUT2D eigenvalue weighted by Crippen LogP contribution is -2.55. The highest BCUT2D eigenvalue weighted by Crippen LogP contribution is 2.71. The number of anilines is 3. The topological polar surface area (TPSA) is 3.24 Å². The highest BCUT2D eigenvalue weighted by atomic mass is 15.1. The van der Waals surface area contributed by atoms with E-state index in [1.54, 1.807) is 22.3 Å². The van der Waals surface area contributed by atoms with Gasteiger partial charge in [-0.15, -0.1) is 0 Å². The van der Waals surface area contributed by atoms with E-state index in [2.05, 4.69) is 151 Å². The highest BCUT2D eigenvalue weighted by Gasteiger charge is 2.62. The Morgan fingerprint density at radius 2 is 1.07 bits per heavy atom. The van der Waals surface area contributed by atoms with E-state index in [1.807, 2.05) is 0 Å². The van der Waals surface area contributed by atoms with Gasteiger partial charge in [-0.05, 0) is 190 Å². The van der Waals surface area contributed by atoms with Crippen molar-refractivity contribution in [2.45, 2.75) is 88.4 Å². The maximum Gasteiger partial charge on any atom is 0.0543 e. The smallest absolute Gasteiger partial charge is 0.0543 e. The van der Waals surface area contributed by atoms with Crippen molar-refractivity contribution >= 4 is 38.6 Å². The van der Waals surface area contributed by atoms with E-state index in [1.165, 1.54) is 131 Å². The molecule has 296 valence electrons. The van der Waals surface area contributed by atoms with Crippen LogP contribution in [0.2, 0.25) is 0 Å². The van der Waals surface area contributed by atoms with Gasteiger partial charge in [0, 0.05) is 27.8 Å². The summed E-state index contributed by atoms with van der Waals surface area (Å²) in [7, 11) is 0. The molecular formula is C59H55N. The Kier molecular flexibility index (Phi) is 7.18. The summed E-state index contributed by atoms with van der Waals surface area (Å²) in [5.41, 5.74) is 16.6. The minimum absolute atomic E-state index is 0.101. The van der Waals surface area contributed by atoms with Crippen LogP contribution in [0.15, 0.2) is 140 Å². The predicted molar refractivity (Wildman–Crippen MR) is 249 cm³/mol. The van der Waals surface area contributed by atoms with Crippen LogP contribution in [0.4, 0.5) is 17.1 Å². The third kappa shape index (κ3) is 4.35. The molecule has 1 heteroatoms. The molecule has 15 rings (SSSR count). The molecule has 0 saturated heterocycles. The average Bonchev–Trinajstić information content (AvgIpc) is 3.73. The van der Waals surface area contributed by atoms with Crippen LogP contribution in [0.25, 0.3) is 43.8 Å². The zero-order valence-corrected chi connectivity index (χ0v) is 35.0. The van der Waals surface area contributed by atoms with Gasteiger partial charge in [0.25, 0.3) is 0 Å². The Bertz CT molecular complexity index is 2870. The number of benzene rings is 7. The maximum absolute atomic E-state index is 2.72. The summed E-state index contributed by atoms with van der Waals surface area (Å²) < 4.78 is 0. The van der Waals surface area contributed by atoms with Crippen LogP contribution < -0.4 is 4.90 Å². The minimum Gasteiger partial charge on any atom is -0.310 e. The number of fused-ring (bicyclic) bond motifs is 9. The summed E-state index contributed by atoms with van der Waals surface area (Å²) in [6.45, 7) is 2.44. The molecule has 1 nitrogen and oxygen atoms in total. The zero-order chi connectivity index (χ0) is 39.3. The van der Waals surface area contributed by atoms with Gasteiger partial charge in [0.2, 0.25) is 0 Å². The lowest BCUT2D eigenvalue weighted by molar-refractivity contribution is -0.0399. The number of nitrogens with zero attached hydrogens (tertiary/aromatic N) is 1. The van der Waals surface area contributed by atoms with Crippen LogP contribution in [0, 0.1) is 41.4 Å². The summed E-state index contributed by atoms with van der Waals surface area (Å²) in [4.78, 5) is 2.71. The van der Waals surface area contributed by atoms with Crippen molar-refractivity contribution < 1.29 is 0 Å². The molecule has 60 heavy (non-hydrogen) atoms. The molecule has 0 aromatic heterocycles. The first-order valence-corrected chi connectivity index (χ1v) is 23.8. The molecule has 7 aromatic rings. The van der Waals surface area contributed by atoms with E-state index in [0.717, 1.165) is 29.6 Å². The third-order valence-electron chi connectivity index (χ3n) is 18.4. The zero-order valence-electron chi connectivity index (χ0n) is 35.0. The van der Waals surface area contributed by atoms with E-state index < -0.39 is 0 Å². The Labute approximate surface area is 355 Å². The highest BCUT2D eigenvalue weighted by molar-refractivity contribution is 6.09. The second kappa shape index (κ2) is 12.5. The molecule has 8 aliphatic carbocycles. The molecular weight excluding hydrogens is 723 g/mol. The Morgan fingerprint density at radius 1 is 0.467 bits per heavy atom. The summed E-state index contributed by atoms with van der Waals surface area (Å²) in [5.74, 6) is 5.57. The van der Waals surface area contributed by atoms with Gasteiger partial charge in [-0.1, -0.05) is 129 Å². The molecule has 7 aromatic carbocycles. The van der Waals surface area contributed by atoms with Crippen LogP contribution in [0.3, 0.4) is 0 Å². The number of hydrogen-bond donors (Lipinski definition) is 0. The normalized spacial score (nSPS) is 31.1. The van der Waals surface area contributed by atoms with Crippen molar-refractivity contribution in [1.29, 1.82) is 0 Å². The first-order valence-electron chi connectivity index (χ1n) is 23.8. The monoisotopic (exact) mass is 777 g/mol. The molecule has 0 heterocycles. The van der Waals surface area contributed by atoms with Crippen LogP contribution >= 0.6 is 0 Å². The third-order valence-corrected chi connectivity index (χ3v) is 18.4. The van der Waals surface area contributed by atoms with E-state index in [-0.39, 0.29) is 10.8 Å². The second-order valence-corrected chi connectivity index (χ2v) is 20.7. The minimum atomic E-state index is 0.101. The Balaban J connectivity index is 1.03. The van der Waals surface area contributed by atoms with Crippen LogP contribution in [0.5, 0.6) is 0 Å². The molecule has 0 radical (unpaired) electrons. The quantitative estimate of drug-likeness (QED) is 0.161. The van der Waals surface area contributed by atoms with Gasteiger partial charge in [0.1, 0.15) is 0 Å². The van der Waals surface area contributed by atoms with E-state index in [4.69, 9.17) is 0 Å². The van der Waals surface area contributed by atoms with Gasteiger partial charge < -0.3 is 4.90 Å². The molecule has 8 aliphatic rings. The maximum atomic E-state index is 2.72. The lowest BCUT2D eigenvalue weighted by atomic mass is 9.43. The van der Waals surface area contributed by atoms with Crippen LogP contribution in [0.1, 0.15) is 99.8 Å². The van der Waals surface area contributed by atoms with Crippen molar-refractivity contribution in [2.75, 3.05) is 4.90 Å². The Morgan fingerprint density at radius 3 is 1.85 bits per heavy atom.